The largest absolute Gasteiger partial charge is 0.489 e. The van der Waals surface area contributed by atoms with E-state index in [4.69, 9.17) is 9.84 Å². The lowest BCUT2D eigenvalue weighted by Gasteiger charge is -2.06. The highest BCUT2D eigenvalue weighted by Crippen LogP contribution is 2.16. The molecule has 98 valence electrons. The summed E-state index contributed by atoms with van der Waals surface area (Å²) in [6, 6.07) is 17.9. The van der Waals surface area contributed by atoms with Crippen LogP contribution in [0.5, 0.6) is 5.75 Å². The van der Waals surface area contributed by atoms with Crippen molar-refractivity contribution in [2.24, 2.45) is 0 Å². The number of hydrogen-bond donors (Lipinski definition) is 1. The minimum Gasteiger partial charge on any atom is -0.489 e. The third-order valence-corrected chi connectivity index (χ3v) is 2.79. The Kier molecular flexibility index (Phi) is 4.76. The number of aliphatic hydroxyl groups excluding tert-OH is 1. The highest BCUT2D eigenvalue weighted by atomic mass is 16.5. The van der Waals surface area contributed by atoms with E-state index < -0.39 is 0 Å². The van der Waals surface area contributed by atoms with Crippen molar-refractivity contribution >= 4 is 6.08 Å². The number of aliphatic hydroxyl groups is 1. The second-order valence-electron chi connectivity index (χ2n) is 4.49. The van der Waals surface area contributed by atoms with Crippen LogP contribution >= 0.6 is 0 Å². The van der Waals surface area contributed by atoms with Crippen LogP contribution in [0.15, 0.2) is 60.2 Å². The molecule has 2 nitrogen and oxygen atoms in total. The molecule has 2 aromatic carbocycles. The fourth-order valence-corrected chi connectivity index (χ4v) is 1.73. The monoisotopic (exact) mass is 254 g/mol. The first kappa shape index (κ1) is 13.4. The maximum atomic E-state index is 8.97. The third-order valence-electron chi connectivity index (χ3n) is 2.79. The SMILES string of the molecule is CC(=Cc1ccc(OCc2ccccc2)cc1)CO. The standard InChI is InChI=1S/C17H18O2/c1-14(12-18)11-15-7-9-17(10-8-15)19-13-16-5-3-2-4-6-16/h2-11,18H,12-13H2,1H3. The molecule has 0 radical (unpaired) electrons. The summed E-state index contributed by atoms with van der Waals surface area (Å²) in [6.45, 7) is 2.57. The fourth-order valence-electron chi connectivity index (χ4n) is 1.73. The van der Waals surface area contributed by atoms with Gasteiger partial charge < -0.3 is 9.84 Å². The van der Waals surface area contributed by atoms with Crippen molar-refractivity contribution in [2.45, 2.75) is 13.5 Å². The van der Waals surface area contributed by atoms with Crippen molar-refractivity contribution < 1.29 is 9.84 Å². The van der Waals surface area contributed by atoms with Crippen LogP contribution in [0.3, 0.4) is 0 Å². The van der Waals surface area contributed by atoms with Crippen LogP contribution in [0.25, 0.3) is 6.08 Å². The molecule has 0 saturated heterocycles. The number of hydrogen-bond acceptors (Lipinski definition) is 2. The number of ether oxygens (including phenoxy) is 1. The van der Waals surface area contributed by atoms with Crippen LogP contribution in [0.4, 0.5) is 0 Å². The molecule has 0 aromatic heterocycles. The second-order valence-corrected chi connectivity index (χ2v) is 4.49. The van der Waals surface area contributed by atoms with Gasteiger partial charge in [0, 0.05) is 0 Å². The Balaban J connectivity index is 1.96. The molecule has 0 amide bonds. The summed E-state index contributed by atoms with van der Waals surface area (Å²) in [5.74, 6) is 0.850. The molecule has 0 fully saturated rings. The second kappa shape index (κ2) is 6.76. The smallest absolute Gasteiger partial charge is 0.119 e. The van der Waals surface area contributed by atoms with Crippen LogP contribution in [0, 0.1) is 0 Å². The van der Waals surface area contributed by atoms with E-state index in [0.717, 1.165) is 22.4 Å². The molecule has 0 unspecified atom stereocenters. The molecule has 0 atom stereocenters. The van der Waals surface area contributed by atoms with Crippen LogP contribution in [-0.2, 0) is 6.61 Å². The maximum absolute atomic E-state index is 8.97. The van der Waals surface area contributed by atoms with E-state index in [2.05, 4.69) is 0 Å². The van der Waals surface area contributed by atoms with Gasteiger partial charge in [-0.2, -0.15) is 0 Å². The Morgan fingerprint density at radius 3 is 2.37 bits per heavy atom. The van der Waals surface area contributed by atoms with Gasteiger partial charge in [-0.15, -0.1) is 0 Å². The molecule has 2 aromatic rings. The minimum atomic E-state index is 0.0895. The summed E-state index contributed by atoms with van der Waals surface area (Å²) in [7, 11) is 0. The van der Waals surface area contributed by atoms with Crippen molar-refractivity contribution in [3.63, 3.8) is 0 Å². The average Bonchev–Trinajstić information content (AvgIpc) is 2.47. The number of benzene rings is 2. The van der Waals surface area contributed by atoms with Gasteiger partial charge in [-0.05, 0) is 35.8 Å². The minimum absolute atomic E-state index is 0.0895. The van der Waals surface area contributed by atoms with E-state index in [-0.39, 0.29) is 6.61 Å². The van der Waals surface area contributed by atoms with Crippen LogP contribution in [0.2, 0.25) is 0 Å². The topological polar surface area (TPSA) is 29.5 Å². The molecule has 1 N–H and O–H groups in total. The predicted octanol–water partition coefficient (Wildman–Crippen LogP) is 3.66. The van der Waals surface area contributed by atoms with Gasteiger partial charge in [0.05, 0.1) is 6.61 Å². The average molecular weight is 254 g/mol. The van der Waals surface area contributed by atoms with E-state index in [9.17, 15) is 0 Å². The van der Waals surface area contributed by atoms with Gasteiger partial charge in [0.15, 0.2) is 0 Å². The lowest BCUT2D eigenvalue weighted by atomic mass is 10.1. The molecule has 0 aliphatic carbocycles. The van der Waals surface area contributed by atoms with Gasteiger partial charge in [-0.1, -0.05) is 48.5 Å². The Morgan fingerprint density at radius 2 is 1.74 bits per heavy atom. The van der Waals surface area contributed by atoms with Gasteiger partial charge in [0.25, 0.3) is 0 Å². The van der Waals surface area contributed by atoms with Gasteiger partial charge in [0.2, 0.25) is 0 Å². The third kappa shape index (κ3) is 4.27. The summed E-state index contributed by atoms with van der Waals surface area (Å²) in [5.41, 5.74) is 3.17. The molecule has 0 saturated carbocycles. The van der Waals surface area contributed by atoms with Crippen molar-refractivity contribution in [2.75, 3.05) is 6.61 Å². The molecule has 2 heteroatoms. The van der Waals surface area contributed by atoms with Crippen molar-refractivity contribution in [3.05, 3.63) is 71.3 Å². The normalized spacial score (nSPS) is 11.4. The van der Waals surface area contributed by atoms with Crippen molar-refractivity contribution in [3.8, 4) is 5.75 Å². The molecular weight excluding hydrogens is 236 g/mol. The fraction of sp³-hybridized carbons (Fsp3) is 0.176. The first-order valence-corrected chi connectivity index (χ1v) is 6.33. The first-order chi connectivity index (χ1) is 9.28. The van der Waals surface area contributed by atoms with Gasteiger partial charge >= 0.3 is 0 Å². The Bertz CT molecular complexity index is 527. The molecule has 19 heavy (non-hydrogen) atoms. The van der Waals surface area contributed by atoms with Crippen molar-refractivity contribution in [1.82, 2.24) is 0 Å². The van der Waals surface area contributed by atoms with E-state index in [0.29, 0.717) is 6.61 Å². The number of rotatable bonds is 5. The Hall–Kier alpha value is -2.06. The molecule has 0 spiro atoms. The zero-order valence-corrected chi connectivity index (χ0v) is 11.0. The lowest BCUT2D eigenvalue weighted by molar-refractivity contribution is 0.306. The van der Waals surface area contributed by atoms with Gasteiger partial charge in [0.1, 0.15) is 12.4 Å². The maximum Gasteiger partial charge on any atom is 0.119 e. The van der Waals surface area contributed by atoms with E-state index >= 15 is 0 Å². The van der Waals surface area contributed by atoms with Gasteiger partial charge in [-0.25, -0.2) is 0 Å². The summed E-state index contributed by atoms with van der Waals surface area (Å²) in [6.07, 6.45) is 1.96. The van der Waals surface area contributed by atoms with Gasteiger partial charge in [-0.3, -0.25) is 0 Å². The summed E-state index contributed by atoms with van der Waals surface area (Å²) in [5, 5.41) is 8.97. The van der Waals surface area contributed by atoms with E-state index in [1.54, 1.807) is 0 Å². The molecule has 2 rings (SSSR count). The van der Waals surface area contributed by atoms with Crippen LogP contribution < -0.4 is 4.74 Å². The lowest BCUT2D eigenvalue weighted by Crippen LogP contribution is -1.94. The Labute approximate surface area is 114 Å². The van der Waals surface area contributed by atoms with Crippen LogP contribution in [0.1, 0.15) is 18.1 Å². The molecule has 0 aliphatic heterocycles. The quantitative estimate of drug-likeness (QED) is 0.882. The van der Waals surface area contributed by atoms with E-state index in [1.807, 2.05) is 67.6 Å². The zero-order chi connectivity index (χ0) is 13.5. The van der Waals surface area contributed by atoms with Crippen molar-refractivity contribution in [1.29, 1.82) is 0 Å². The Morgan fingerprint density at radius 1 is 1.05 bits per heavy atom. The molecule has 0 aliphatic rings. The van der Waals surface area contributed by atoms with E-state index in [1.165, 1.54) is 0 Å². The summed E-state index contributed by atoms with van der Waals surface area (Å²) >= 11 is 0. The highest BCUT2D eigenvalue weighted by molar-refractivity contribution is 5.53. The highest BCUT2D eigenvalue weighted by Gasteiger charge is 1.96. The van der Waals surface area contributed by atoms with Crippen LogP contribution in [-0.4, -0.2) is 11.7 Å². The summed E-state index contributed by atoms with van der Waals surface area (Å²) < 4.78 is 5.71. The predicted molar refractivity (Wildman–Crippen MR) is 78.0 cm³/mol. The molecular formula is C17H18O2. The zero-order valence-electron chi connectivity index (χ0n) is 11.0. The molecule has 0 heterocycles. The first-order valence-electron chi connectivity index (χ1n) is 6.33. The summed E-state index contributed by atoms with van der Waals surface area (Å²) in [4.78, 5) is 0. The molecule has 0 bridgehead atoms.